The molecule has 0 saturated carbocycles. The third-order valence-electron chi connectivity index (χ3n) is 3.04. The standard InChI is InChI=1S/C16H19N3O/c1-19(10-11-20-15-8-3-2-4-9-15)14-7-5-6-13(12-14)16(17)18/h2-9,12H,10-11H2,1H3,(H3,17,18). The molecule has 0 saturated heterocycles. The van der Waals surface area contributed by atoms with Gasteiger partial charge < -0.3 is 15.4 Å². The second-order valence-corrected chi connectivity index (χ2v) is 4.55. The highest BCUT2D eigenvalue weighted by Crippen LogP contribution is 2.15. The maximum Gasteiger partial charge on any atom is 0.122 e. The van der Waals surface area contributed by atoms with Gasteiger partial charge >= 0.3 is 0 Å². The van der Waals surface area contributed by atoms with Crippen molar-refractivity contribution in [3.63, 3.8) is 0 Å². The molecule has 0 aliphatic heterocycles. The number of amidine groups is 1. The molecule has 2 aromatic carbocycles. The minimum atomic E-state index is 0.0841. The first-order chi connectivity index (χ1) is 9.66. The van der Waals surface area contributed by atoms with Crippen molar-refractivity contribution >= 4 is 11.5 Å². The Bertz CT molecular complexity index is 569. The van der Waals surface area contributed by atoms with E-state index in [1.54, 1.807) is 0 Å². The number of hydrogen-bond donors (Lipinski definition) is 2. The number of nitrogens with two attached hydrogens (primary N) is 1. The van der Waals surface area contributed by atoms with Crippen molar-refractivity contribution < 1.29 is 4.74 Å². The summed E-state index contributed by atoms with van der Waals surface area (Å²) in [6, 6.07) is 17.4. The monoisotopic (exact) mass is 269 g/mol. The zero-order valence-electron chi connectivity index (χ0n) is 11.5. The molecule has 4 nitrogen and oxygen atoms in total. The summed E-state index contributed by atoms with van der Waals surface area (Å²) in [4.78, 5) is 2.08. The normalized spacial score (nSPS) is 10.1. The van der Waals surface area contributed by atoms with Crippen molar-refractivity contribution in [1.29, 1.82) is 5.41 Å². The maximum absolute atomic E-state index is 7.46. The third kappa shape index (κ3) is 3.75. The minimum Gasteiger partial charge on any atom is -0.492 e. The molecule has 3 N–H and O–H groups in total. The van der Waals surface area contributed by atoms with Crippen LogP contribution < -0.4 is 15.4 Å². The smallest absolute Gasteiger partial charge is 0.122 e. The number of benzene rings is 2. The Balaban J connectivity index is 1.90. The second kappa shape index (κ2) is 6.61. The summed E-state index contributed by atoms with van der Waals surface area (Å²) in [5.41, 5.74) is 7.26. The lowest BCUT2D eigenvalue weighted by atomic mass is 10.2. The lowest BCUT2D eigenvalue weighted by Gasteiger charge is -2.20. The maximum atomic E-state index is 7.46. The largest absolute Gasteiger partial charge is 0.492 e. The fourth-order valence-corrected chi connectivity index (χ4v) is 1.86. The number of ether oxygens (including phenoxy) is 1. The van der Waals surface area contributed by atoms with Crippen LogP contribution in [0.5, 0.6) is 5.75 Å². The number of likely N-dealkylation sites (N-methyl/N-ethyl adjacent to an activating group) is 1. The van der Waals surface area contributed by atoms with E-state index in [1.807, 2.05) is 61.6 Å². The number of anilines is 1. The van der Waals surface area contributed by atoms with Crippen LogP contribution in [-0.4, -0.2) is 26.0 Å². The van der Waals surface area contributed by atoms with Gasteiger partial charge in [-0.15, -0.1) is 0 Å². The summed E-state index contributed by atoms with van der Waals surface area (Å²) in [5.74, 6) is 0.958. The molecule has 0 amide bonds. The number of nitrogens with zero attached hydrogens (tertiary/aromatic N) is 1. The Labute approximate surface area is 119 Å². The van der Waals surface area contributed by atoms with Crippen molar-refractivity contribution in [1.82, 2.24) is 0 Å². The Hall–Kier alpha value is -2.49. The van der Waals surface area contributed by atoms with E-state index in [1.165, 1.54) is 0 Å². The van der Waals surface area contributed by atoms with E-state index in [4.69, 9.17) is 15.9 Å². The first-order valence-corrected chi connectivity index (χ1v) is 6.50. The summed E-state index contributed by atoms with van der Waals surface area (Å²) < 4.78 is 5.67. The van der Waals surface area contributed by atoms with Gasteiger partial charge in [-0.1, -0.05) is 30.3 Å². The Morgan fingerprint density at radius 2 is 1.90 bits per heavy atom. The van der Waals surface area contributed by atoms with Crippen LogP contribution in [0.4, 0.5) is 5.69 Å². The predicted octanol–water partition coefficient (Wildman–Crippen LogP) is 2.49. The van der Waals surface area contributed by atoms with Gasteiger partial charge in [-0.2, -0.15) is 0 Å². The van der Waals surface area contributed by atoms with Gasteiger partial charge in [-0.25, -0.2) is 0 Å². The molecule has 0 unspecified atom stereocenters. The summed E-state index contributed by atoms with van der Waals surface area (Å²) in [6.45, 7) is 1.36. The minimum absolute atomic E-state index is 0.0841. The van der Waals surface area contributed by atoms with Gasteiger partial charge in [0.15, 0.2) is 0 Å². The molecule has 0 heterocycles. The molecule has 2 rings (SSSR count). The first-order valence-electron chi connectivity index (χ1n) is 6.50. The molecular formula is C16H19N3O. The van der Waals surface area contributed by atoms with Gasteiger partial charge in [-0.3, -0.25) is 5.41 Å². The summed E-state index contributed by atoms with van der Waals surface area (Å²) in [6.07, 6.45) is 0. The average Bonchev–Trinajstić information content (AvgIpc) is 2.48. The van der Waals surface area contributed by atoms with Crippen molar-refractivity contribution in [3.05, 3.63) is 60.2 Å². The molecule has 0 aliphatic carbocycles. The van der Waals surface area contributed by atoms with Crippen LogP contribution in [0, 0.1) is 5.41 Å². The van der Waals surface area contributed by atoms with Crippen LogP contribution in [0.15, 0.2) is 54.6 Å². The molecule has 0 fully saturated rings. The average molecular weight is 269 g/mol. The molecule has 4 heteroatoms. The number of para-hydroxylation sites is 1. The topological polar surface area (TPSA) is 62.3 Å². The van der Waals surface area contributed by atoms with Gasteiger partial charge in [0.25, 0.3) is 0 Å². The molecule has 0 aliphatic rings. The number of nitrogen functional groups attached to an aromatic ring is 1. The quantitative estimate of drug-likeness (QED) is 0.625. The Morgan fingerprint density at radius 3 is 2.60 bits per heavy atom. The van der Waals surface area contributed by atoms with Gasteiger partial charge in [0.1, 0.15) is 18.2 Å². The first kappa shape index (κ1) is 13.9. The van der Waals surface area contributed by atoms with E-state index in [2.05, 4.69) is 4.90 Å². The van der Waals surface area contributed by atoms with Crippen molar-refractivity contribution in [2.75, 3.05) is 25.1 Å². The van der Waals surface area contributed by atoms with E-state index in [0.29, 0.717) is 6.61 Å². The zero-order valence-corrected chi connectivity index (χ0v) is 11.5. The van der Waals surface area contributed by atoms with E-state index in [0.717, 1.165) is 23.5 Å². The van der Waals surface area contributed by atoms with Crippen molar-refractivity contribution in [2.24, 2.45) is 5.73 Å². The van der Waals surface area contributed by atoms with Gasteiger partial charge in [0, 0.05) is 18.3 Å². The molecule has 104 valence electrons. The molecule has 0 aromatic heterocycles. The van der Waals surface area contributed by atoms with Crippen LogP contribution in [-0.2, 0) is 0 Å². The lowest BCUT2D eigenvalue weighted by Crippen LogP contribution is -2.24. The van der Waals surface area contributed by atoms with Crippen molar-refractivity contribution in [3.8, 4) is 5.75 Å². The van der Waals surface area contributed by atoms with E-state index in [-0.39, 0.29) is 5.84 Å². The van der Waals surface area contributed by atoms with Crippen molar-refractivity contribution in [2.45, 2.75) is 0 Å². The van der Waals surface area contributed by atoms with Crippen LogP contribution >= 0.6 is 0 Å². The zero-order chi connectivity index (χ0) is 14.4. The number of nitrogens with one attached hydrogen (secondary N) is 1. The van der Waals surface area contributed by atoms with Crippen LogP contribution in [0.1, 0.15) is 5.56 Å². The molecular weight excluding hydrogens is 250 g/mol. The summed E-state index contributed by atoms with van der Waals surface area (Å²) in [7, 11) is 1.99. The summed E-state index contributed by atoms with van der Waals surface area (Å²) in [5, 5.41) is 7.46. The lowest BCUT2D eigenvalue weighted by molar-refractivity contribution is 0.326. The third-order valence-corrected chi connectivity index (χ3v) is 3.04. The van der Waals surface area contributed by atoms with Gasteiger partial charge in [0.2, 0.25) is 0 Å². The molecule has 2 aromatic rings. The van der Waals surface area contributed by atoms with E-state index < -0.39 is 0 Å². The molecule has 20 heavy (non-hydrogen) atoms. The Kier molecular flexibility index (Phi) is 4.60. The van der Waals surface area contributed by atoms with Crippen LogP contribution in [0.2, 0.25) is 0 Å². The molecule has 0 bridgehead atoms. The van der Waals surface area contributed by atoms with E-state index >= 15 is 0 Å². The highest BCUT2D eigenvalue weighted by molar-refractivity contribution is 5.95. The number of hydrogen-bond acceptors (Lipinski definition) is 3. The molecule has 0 radical (unpaired) electrons. The molecule has 0 atom stereocenters. The van der Waals surface area contributed by atoms with E-state index in [9.17, 15) is 0 Å². The highest BCUT2D eigenvalue weighted by Gasteiger charge is 2.03. The fourth-order valence-electron chi connectivity index (χ4n) is 1.86. The predicted molar refractivity (Wildman–Crippen MR) is 82.7 cm³/mol. The summed E-state index contributed by atoms with van der Waals surface area (Å²) >= 11 is 0. The molecule has 0 spiro atoms. The van der Waals surface area contributed by atoms with Crippen LogP contribution in [0.25, 0.3) is 0 Å². The highest BCUT2D eigenvalue weighted by atomic mass is 16.5. The van der Waals surface area contributed by atoms with Crippen LogP contribution in [0.3, 0.4) is 0 Å². The Morgan fingerprint density at radius 1 is 1.15 bits per heavy atom. The fraction of sp³-hybridized carbons (Fsp3) is 0.188. The second-order valence-electron chi connectivity index (χ2n) is 4.55. The number of rotatable bonds is 6. The SMILES string of the molecule is CN(CCOc1ccccc1)c1cccc(C(=N)N)c1. The van der Waals surface area contributed by atoms with Gasteiger partial charge in [-0.05, 0) is 24.3 Å². The van der Waals surface area contributed by atoms with Gasteiger partial charge in [0.05, 0.1) is 6.54 Å².